The van der Waals surface area contributed by atoms with Crippen LogP contribution in [0.1, 0.15) is 48.8 Å². The van der Waals surface area contributed by atoms with Crippen molar-refractivity contribution in [2.24, 2.45) is 0 Å². The van der Waals surface area contributed by atoms with Crippen LogP contribution < -0.4 is 10.1 Å². The topological polar surface area (TPSA) is 41.6 Å². The van der Waals surface area contributed by atoms with Gasteiger partial charge in [-0.3, -0.25) is 9.69 Å². The normalized spacial score (nSPS) is 14.2. The van der Waals surface area contributed by atoms with Crippen molar-refractivity contribution in [1.29, 1.82) is 0 Å². The highest BCUT2D eigenvalue weighted by Crippen LogP contribution is 2.16. The van der Waals surface area contributed by atoms with Crippen molar-refractivity contribution in [3.8, 4) is 5.75 Å². The number of rotatable bonds is 10. The van der Waals surface area contributed by atoms with Crippen molar-refractivity contribution in [2.75, 3.05) is 19.7 Å². The van der Waals surface area contributed by atoms with Gasteiger partial charge in [0.15, 0.2) is 0 Å². The number of hydrogen-bond donors (Lipinski definition) is 1. The van der Waals surface area contributed by atoms with Gasteiger partial charge in [0, 0.05) is 19.5 Å². The molecule has 1 aliphatic heterocycles. The Hall–Kier alpha value is -2.33. The molecule has 2 aromatic rings. The van der Waals surface area contributed by atoms with Gasteiger partial charge in [-0.25, -0.2) is 0 Å². The predicted octanol–water partition coefficient (Wildman–Crippen LogP) is 4.46. The minimum Gasteiger partial charge on any atom is -0.494 e. The molecule has 1 heterocycles. The van der Waals surface area contributed by atoms with Gasteiger partial charge in [-0.15, -0.1) is 0 Å². The molecular weight excluding hydrogens is 348 g/mol. The molecule has 0 radical (unpaired) electrons. The molecule has 0 aliphatic carbocycles. The van der Waals surface area contributed by atoms with Crippen LogP contribution in [-0.2, 0) is 17.9 Å². The van der Waals surface area contributed by atoms with Crippen LogP contribution in [0.2, 0.25) is 0 Å². The Labute approximate surface area is 168 Å². The van der Waals surface area contributed by atoms with E-state index in [9.17, 15) is 4.79 Å². The van der Waals surface area contributed by atoms with Gasteiger partial charge in [-0.1, -0.05) is 36.4 Å². The fourth-order valence-electron chi connectivity index (χ4n) is 3.63. The highest BCUT2D eigenvalue weighted by molar-refractivity contribution is 5.75. The van der Waals surface area contributed by atoms with Crippen LogP contribution in [0, 0.1) is 6.92 Å². The lowest BCUT2D eigenvalue weighted by Gasteiger charge is -2.17. The summed E-state index contributed by atoms with van der Waals surface area (Å²) in [5.41, 5.74) is 3.75. The number of amides is 1. The van der Waals surface area contributed by atoms with Gasteiger partial charge in [0.25, 0.3) is 0 Å². The average molecular weight is 381 g/mol. The zero-order chi connectivity index (χ0) is 19.6. The van der Waals surface area contributed by atoms with Crippen molar-refractivity contribution in [1.82, 2.24) is 10.2 Å². The van der Waals surface area contributed by atoms with Gasteiger partial charge in [-0.05, 0) is 74.5 Å². The van der Waals surface area contributed by atoms with E-state index in [-0.39, 0.29) is 5.91 Å². The fourth-order valence-corrected chi connectivity index (χ4v) is 3.63. The molecule has 0 aromatic heterocycles. The van der Waals surface area contributed by atoms with Gasteiger partial charge >= 0.3 is 0 Å². The summed E-state index contributed by atoms with van der Waals surface area (Å²) < 4.78 is 5.74. The zero-order valence-electron chi connectivity index (χ0n) is 17.0. The largest absolute Gasteiger partial charge is 0.494 e. The smallest absolute Gasteiger partial charge is 0.220 e. The van der Waals surface area contributed by atoms with Gasteiger partial charge in [0.05, 0.1) is 6.61 Å². The molecule has 0 bridgehead atoms. The third-order valence-corrected chi connectivity index (χ3v) is 5.24. The molecule has 150 valence electrons. The SMILES string of the molecule is Cc1cccc(OCCCCC(=O)NCc2ccccc2CN2CCCC2)c1. The molecule has 3 rings (SSSR count). The Morgan fingerprint density at radius 1 is 1.04 bits per heavy atom. The Kier molecular flexibility index (Phi) is 7.92. The Bertz CT molecular complexity index is 754. The molecule has 0 atom stereocenters. The van der Waals surface area contributed by atoms with Crippen molar-refractivity contribution in [3.63, 3.8) is 0 Å². The first kappa shape index (κ1) is 20.4. The molecule has 0 spiro atoms. The van der Waals surface area contributed by atoms with Crippen molar-refractivity contribution in [2.45, 2.75) is 52.1 Å². The first-order chi connectivity index (χ1) is 13.7. The molecule has 1 amide bonds. The number of nitrogens with zero attached hydrogens (tertiary/aromatic N) is 1. The summed E-state index contributed by atoms with van der Waals surface area (Å²) in [6.45, 7) is 6.68. The molecule has 1 fully saturated rings. The van der Waals surface area contributed by atoms with Crippen LogP contribution in [0.3, 0.4) is 0 Å². The quantitative estimate of drug-likeness (QED) is 0.619. The number of benzene rings is 2. The highest BCUT2D eigenvalue weighted by atomic mass is 16.5. The molecule has 28 heavy (non-hydrogen) atoms. The summed E-state index contributed by atoms with van der Waals surface area (Å²) in [7, 11) is 0. The maximum atomic E-state index is 12.2. The molecule has 1 saturated heterocycles. The summed E-state index contributed by atoms with van der Waals surface area (Å²) in [4.78, 5) is 14.7. The number of hydrogen-bond acceptors (Lipinski definition) is 3. The van der Waals surface area contributed by atoms with Crippen LogP contribution in [0.4, 0.5) is 0 Å². The van der Waals surface area contributed by atoms with Crippen LogP contribution in [-0.4, -0.2) is 30.5 Å². The molecule has 4 heteroatoms. The van der Waals surface area contributed by atoms with Crippen LogP contribution in [0.5, 0.6) is 5.75 Å². The lowest BCUT2D eigenvalue weighted by atomic mass is 10.1. The summed E-state index contributed by atoms with van der Waals surface area (Å²) in [5, 5.41) is 3.08. The second kappa shape index (κ2) is 10.9. The third kappa shape index (κ3) is 6.68. The molecule has 1 aliphatic rings. The second-order valence-corrected chi connectivity index (χ2v) is 7.65. The fraction of sp³-hybridized carbons (Fsp3) is 0.458. The van der Waals surface area contributed by atoms with E-state index in [0.29, 0.717) is 19.6 Å². The first-order valence-corrected chi connectivity index (χ1v) is 10.5. The van der Waals surface area contributed by atoms with E-state index in [1.54, 1.807) is 0 Å². The zero-order valence-corrected chi connectivity index (χ0v) is 17.0. The molecule has 2 aromatic carbocycles. The highest BCUT2D eigenvalue weighted by Gasteiger charge is 2.13. The van der Waals surface area contributed by atoms with Crippen molar-refractivity contribution < 1.29 is 9.53 Å². The van der Waals surface area contributed by atoms with Crippen molar-refractivity contribution in [3.05, 3.63) is 65.2 Å². The van der Waals surface area contributed by atoms with E-state index in [4.69, 9.17) is 4.74 Å². The Morgan fingerprint density at radius 2 is 1.82 bits per heavy atom. The molecule has 4 nitrogen and oxygen atoms in total. The monoisotopic (exact) mass is 380 g/mol. The number of ether oxygens (including phenoxy) is 1. The van der Waals surface area contributed by atoms with E-state index in [1.807, 2.05) is 18.2 Å². The lowest BCUT2D eigenvalue weighted by molar-refractivity contribution is -0.121. The maximum Gasteiger partial charge on any atom is 0.220 e. The van der Waals surface area contributed by atoms with E-state index < -0.39 is 0 Å². The van der Waals surface area contributed by atoms with E-state index in [1.165, 1.54) is 42.6 Å². The van der Waals surface area contributed by atoms with Crippen molar-refractivity contribution >= 4 is 5.91 Å². The van der Waals surface area contributed by atoms with Crippen LogP contribution in [0.15, 0.2) is 48.5 Å². The number of carbonyl (C=O) groups is 1. The van der Waals surface area contributed by atoms with E-state index in [0.717, 1.165) is 25.1 Å². The van der Waals surface area contributed by atoms with Gasteiger partial charge in [-0.2, -0.15) is 0 Å². The van der Waals surface area contributed by atoms with Gasteiger partial charge in [0.1, 0.15) is 5.75 Å². The standard InChI is InChI=1S/C24H32N2O2/c1-20-9-8-12-23(17-20)28-16-7-4-13-24(27)25-18-21-10-2-3-11-22(21)19-26-14-5-6-15-26/h2-3,8-12,17H,4-7,13-16,18-19H2,1H3,(H,25,27). The number of carbonyl (C=O) groups excluding carboxylic acids is 1. The number of nitrogens with one attached hydrogen (secondary N) is 1. The van der Waals surface area contributed by atoms with Gasteiger partial charge in [0.2, 0.25) is 5.91 Å². The van der Waals surface area contributed by atoms with Gasteiger partial charge < -0.3 is 10.1 Å². The number of aryl methyl sites for hydroxylation is 1. The lowest BCUT2D eigenvalue weighted by Crippen LogP contribution is -2.24. The summed E-state index contributed by atoms with van der Waals surface area (Å²) in [5.74, 6) is 1.02. The molecule has 0 saturated carbocycles. The second-order valence-electron chi connectivity index (χ2n) is 7.65. The maximum absolute atomic E-state index is 12.2. The third-order valence-electron chi connectivity index (χ3n) is 5.24. The predicted molar refractivity (Wildman–Crippen MR) is 113 cm³/mol. The molecular formula is C24H32N2O2. The molecule has 1 N–H and O–H groups in total. The summed E-state index contributed by atoms with van der Waals surface area (Å²) in [6.07, 6.45) is 4.87. The van der Waals surface area contributed by atoms with Crippen LogP contribution >= 0.6 is 0 Å². The molecule has 0 unspecified atom stereocenters. The average Bonchev–Trinajstić information content (AvgIpc) is 3.20. The number of unbranched alkanes of at least 4 members (excludes halogenated alkanes) is 1. The summed E-state index contributed by atoms with van der Waals surface area (Å²) in [6, 6.07) is 16.5. The van der Waals surface area contributed by atoms with E-state index in [2.05, 4.69) is 47.5 Å². The first-order valence-electron chi connectivity index (χ1n) is 10.5. The minimum atomic E-state index is 0.117. The van der Waals surface area contributed by atoms with E-state index >= 15 is 0 Å². The minimum absolute atomic E-state index is 0.117. The number of likely N-dealkylation sites (tertiary alicyclic amines) is 1. The Balaban J connectivity index is 1.34. The summed E-state index contributed by atoms with van der Waals surface area (Å²) >= 11 is 0. The van der Waals surface area contributed by atoms with Crippen LogP contribution in [0.25, 0.3) is 0 Å². The Morgan fingerprint density at radius 3 is 2.61 bits per heavy atom.